The van der Waals surface area contributed by atoms with Crippen LogP contribution in [0.15, 0.2) is 66.7 Å². The summed E-state index contributed by atoms with van der Waals surface area (Å²) >= 11 is 0. The molecule has 25 heavy (non-hydrogen) atoms. The fraction of sp³-hybridized carbons (Fsp3) is 0.167. The first-order valence-electron chi connectivity index (χ1n) is 8.83. The van der Waals surface area contributed by atoms with E-state index in [1.165, 1.54) is 22.3 Å². The lowest BCUT2D eigenvalue weighted by Gasteiger charge is -2.11. The minimum absolute atomic E-state index is 0.772. The van der Waals surface area contributed by atoms with Crippen molar-refractivity contribution in [2.24, 2.45) is 0 Å². The van der Waals surface area contributed by atoms with Crippen LogP contribution in [0.5, 0.6) is 0 Å². The standard InChI is InChI=1S/C24H21N/c25-24-15-10-20(11-16-24)8-14-23-17-21-6-5-18-1-3-19(4-2-18)7-12-22(23)13-9-21/h1-4,9-11,13,15-17H,5-7,12,25H2. The quantitative estimate of drug-likeness (QED) is 0.476. The summed E-state index contributed by atoms with van der Waals surface area (Å²) < 4.78 is 0. The molecular weight excluding hydrogens is 302 g/mol. The molecule has 0 fully saturated rings. The molecule has 3 aromatic carbocycles. The van der Waals surface area contributed by atoms with Crippen LogP contribution >= 0.6 is 0 Å². The molecule has 4 aliphatic carbocycles. The molecule has 0 aromatic heterocycles. The predicted octanol–water partition coefficient (Wildman–Crippen LogP) is 4.55. The molecule has 4 aliphatic rings. The van der Waals surface area contributed by atoms with Crippen LogP contribution in [0, 0.1) is 11.8 Å². The van der Waals surface area contributed by atoms with E-state index in [1.54, 1.807) is 0 Å². The van der Waals surface area contributed by atoms with Crippen LogP contribution < -0.4 is 5.73 Å². The molecule has 0 unspecified atom stereocenters. The zero-order chi connectivity index (χ0) is 17.1. The lowest BCUT2D eigenvalue weighted by atomic mass is 9.93. The summed E-state index contributed by atoms with van der Waals surface area (Å²) in [6.07, 6.45) is 4.20. The van der Waals surface area contributed by atoms with Crippen molar-refractivity contribution in [1.82, 2.24) is 0 Å². The number of anilines is 1. The summed E-state index contributed by atoms with van der Waals surface area (Å²) in [7, 11) is 0. The van der Waals surface area contributed by atoms with Crippen molar-refractivity contribution in [3.8, 4) is 11.8 Å². The Morgan fingerprint density at radius 1 is 0.600 bits per heavy atom. The monoisotopic (exact) mass is 323 g/mol. The Labute approximate surface area is 149 Å². The second-order valence-corrected chi connectivity index (χ2v) is 6.68. The van der Waals surface area contributed by atoms with Crippen LogP contribution in [0.25, 0.3) is 0 Å². The molecule has 0 saturated heterocycles. The average molecular weight is 323 g/mol. The summed E-state index contributed by atoms with van der Waals surface area (Å²) in [5.74, 6) is 6.68. The Kier molecular flexibility index (Phi) is 4.27. The topological polar surface area (TPSA) is 26.0 Å². The maximum atomic E-state index is 5.75. The van der Waals surface area contributed by atoms with Crippen molar-refractivity contribution in [3.05, 3.63) is 100 Å². The highest BCUT2D eigenvalue weighted by Gasteiger charge is 2.06. The summed E-state index contributed by atoms with van der Waals surface area (Å²) in [6, 6.07) is 23.6. The Morgan fingerprint density at radius 2 is 1.20 bits per heavy atom. The molecule has 0 saturated carbocycles. The number of nitrogen functional groups attached to an aromatic ring is 1. The van der Waals surface area contributed by atoms with Crippen molar-refractivity contribution in [2.75, 3.05) is 5.73 Å². The van der Waals surface area contributed by atoms with E-state index in [4.69, 9.17) is 5.73 Å². The van der Waals surface area contributed by atoms with Crippen LogP contribution in [-0.2, 0) is 25.7 Å². The molecule has 0 heterocycles. The molecule has 1 nitrogen and oxygen atoms in total. The Balaban J connectivity index is 1.68. The van der Waals surface area contributed by atoms with Crippen LogP contribution in [0.4, 0.5) is 5.69 Å². The first kappa shape index (κ1) is 15.5. The second kappa shape index (κ2) is 6.87. The van der Waals surface area contributed by atoms with Gasteiger partial charge in [0.15, 0.2) is 0 Å². The van der Waals surface area contributed by atoms with E-state index in [1.807, 2.05) is 24.3 Å². The molecule has 0 amide bonds. The third kappa shape index (κ3) is 3.75. The van der Waals surface area contributed by atoms with Gasteiger partial charge in [0.05, 0.1) is 0 Å². The number of benzene rings is 3. The summed E-state index contributed by atoms with van der Waals surface area (Å²) in [5, 5.41) is 0. The van der Waals surface area contributed by atoms with Gasteiger partial charge in [0.25, 0.3) is 0 Å². The molecular formula is C24H21N. The summed E-state index contributed by atoms with van der Waals surface area (Å²) in [4.78, 5) is 0. The lowest BCUT2D eigenvalue weighted by molar-refractivity contribution is 0.918. The number of hydrogen-bond acceptors (Lipinski definition) is 1. The number of aryl methyl sites for hydroxylation is 4. The second-order valence-electron chi connectivity index (χ2n) is 6.68. The van der Waals surface area contributed by atoms with Crippen molar-refractivity contribution >= 4 is 5.69 Å². The van der Waals surface area contributed by atoms with Crippen molar-refractivity contribution in [2.45, 2.75) is 25.7 Å². The fourth-order valence-corrected chi connectivity index (χ4v) is 3.26. The zero-order valence-electron chi connectivity index (χ0n) is 14.3. The highest BCUT2D eigenvalue weighted by atomic mass is 14.5. The molecule has 122 valence electrons. The third-order valence-electron chi connectivity index (χ3n) is 4.83. The Morgan fingerprint density at radius 3 is 1.92 bits per heavy atom. The first-order chi connectivity index (χ1) is 12.3. The van der Waals surface area contributed by atoms with Gasteiger partial charge in [-0.15, -0.1) is 0 Å². The molecule has 7 rings (SSSR count). The van der Waals surface area contributed by atoms with Crippen molar-refractivity contribution in [1.29, 1.82) is 0 Å². The van der Waals surface area contributed by atoms with E-state index in [2.05, 4.69) is 54.3 Å². The van der Waals surface area contributed by atoms with Crippen molar-refractivity contribution in [3.63, 3.8) is 0 Å². The van der Waals surface area contributed by atoms with Gasteiger partial charge in [-0.05, 0) is 78.3 Å². The molecule has 0 radical (unpaired) electrons. The number of nitrogens with two attached hydrogens (primary N) is 1. The lowest BCUT2D eigenvalue weighted by Crippen LogP contribution is -2.00. The van der Waals surface area contributed by atoms with Gasteiger partial charge in [-0.2, -0.15) is 0 Å². The van der Waals surface area contributed by atoms with Gasteiger partial charge in [0, 0.05) is 16.8 Å². The number of rotatable bonds is 0. The van der Waals surface area contributed by atoms with E-state index in [0.29, 0.717) is 0 Å². The molecule has 4 bridgehead atoms. The van der Waals surface area contributed by atoms with Gasteiger partial charge in [-0.25, -0.2) is 0 Å². The predicted molar refractivity (Wildman–Crippen MR) is 105 cm³/mol. The summed E-state index contributed by atoms with van der Waals surface area (Å²) in [5.41, 5.74) is 14.2. The molecule has 0 aliphatic heterocycles. The molecule has 1 heteroatoms. The van der Waals surface area contributed by atoms with Gasteiger partial charge in [-0.1, -0.05) is 48.2 Å². The van der Waals surface area contributed by atoms with Gasteiger partial charge < -0.3 is 5.73 Å². The highest BCUT2D eigenvalue weighted by molar-refractivity contribution is 5.51. The van der Waals surface area contributed by atoms with E-state index < -0.39 is 0 Å². The van der Waals surface area contributed by atoms with Gasteiger partial charge in [0.2, 0.25) is 0 Å². The smallest absolute Gasteiger partial charge is 0.0314 e. The van der Waals surface area contributed by atoms with E-state index in [9.17, 15) is 0 Å². The van der Waals surface area contributed by atoms with Gasteiger partial charge >= 0.3 is 0 Å². The van der Waals surface area contributed by atoms with E-state index in [-0.39, 0.29) is 0 Å². The third-order valence-corrected chi connectivity index (χ3v) is 4.83. The molecule has 0 atom stereocenters. The van der Waals surface area contributed by atoms with E-state index in [0.717, 1.165) is 42.5 Å². The number of hydrogen-bond donors (Lipinski definition) is 1. The van der Waals surface area contributed by atoms with Gasteiger partial charge in [0.1, 0.15) is 0 Å². The minimum Gasteiger partial charge on any atom is -0.399 e. The minimum atomic E-state index is 0.772. The average Bonchev–Trinajstić information content (AvgIpc) is 2.64. The largest absolute Gasteiger partial charge is 0.399 e. The first-order valence-corrected chi connectivity index (χ1v) is 8.83. The van der Waals surface area contributed by atoms with Crippen LogP contribution in [0.1, 0.15) is 33.4 Å². The van der Waals surface area contributed by atoms with Crippen LogP contribution in [0.2, 0.25) is 0 Å². The Bertz CT molecular complexity index is 938. The summed E-state index contributed by atoms with van der Waals surface area (Å²) in [6.45, 7) is 0. The van der Waals surface area contributed by atoms with Crippen molar-refractivity contribution < 1.29 is 0 Å². The SMILES string of the molecule is Nc1ccc(C#Cc2cc3ccc2CCc2ccc(cc2)CC3)cc1. The molecule has 2 N–H and O–H groups in total. The maximum Gasteiger partial charge on any atom is 0.0314 e. The Hall–Kier alpha value is -2.98. The van der Waals surface area contributed by atoms with E-state index >= 15 is 0 Å². The van der Waals surface area contributed by atoms with Crippen LogP contribution in [-0.4, -0.2) is 0 Å². The van der Waals surface area contributed by atoms with Gasteiger partial charge in [-0.3, -0.25) is 0 Å². The highest BCUT2D eigenvalue weighted by Crippen LogP contribution is 2.19. The molecule has 0 spiro atoms. The zero-order valence-corrected chi connectivity index (χ0v) is 14.3. The fourth-order valence-electron chi connectivity index (χ4n) is 3.26. The van der Waals surface area contributed by atoms with Crippen LogP contribution in [0.3, 0.4) is 0 Å². The molecule has 3 aromatic rings. The maximum absolute atomic E-state index is 5.75. The normalized spacial score (nSPS) is 12.8.